The van der Waals surface area contributed by atoms with Crippen LogP contribution in [0.2, 0.25) is 0 Å². The van der Waals surface area contributed by atoms with Crippen molar-refractivity contribution >= 4 is 17.5 Å². The number of aryl methyl sites for hydroxylation is 1. The molecule has 186 valence electrons. The Morgan fingerprint density at radius 3 is 2.47 bits per heavy atom. The molecule has 36 heavy (non-hydrogen) atoms. The molecule has 1 aliphatic heterocycles. The topological polar surface area (TPSA) is 106 Å². The highest BCUT2D eigenvalue weighted by Crippen LogP contribution is 2.51. The molecule has 0 unspecified atom stereocenters. The monoisotopic (exact) mass is 488 g/mol. The van der Waals surface area contributed by atoms with E-state index < -0.39 is 11.6 Å². The molecule has 1 heterocycles. The number of hydrogen-bond donors (Lipinski definition) is 3. The van der Waals surface area contributed by atoms with Crippen molar-refractivity contribution in [1.29, 1.82) is 0 Å². The number of fused-ring (bicyclic) bond motifs is 1. The number of rotatable bonds is 8. The molecule has 2 amide bonds. The lowest BCUT2D eigenvalue weighted by Crippen LogP contribution is -2.38. The number of aliphatic hydroxyl groups excluding tert-OH is 1. The average molecular weight is 489 g/mol. The minimum Gasteiger partial charge on any atom is -0.454 e. The number of ether oxygens (including phenoxy) is 3. The van der Waals surface area contributed by atoms with Crippen molar-refractivity contribution in [3.8, 4) is 22.6 Å². The number of nitrogens with one attached hydrogen (secondary N) is 2. The quantitative estimate of drug-likeness (QED) is 0.417. The summed E-state index contributed by atoms with van der Waals surface area (Å²) in [5.74, 6) is 1.00. The third-order valence-corrected chi connectivity index (χ3v) is 6.81. The van der Waals surface area contributed by atoms with Crippen molar-refractivity contribution in [2.75, 3.05) is 25.8 Å². The second-order valence-electron chi connectivity index (χ2n) is 9.09. The summed E-state index contributed by atoms with van der Waals surface area (Å²) in [4.78, 5) is 25.7. The average Bonchev–Trinajstić information content (AvgIpc) is 3.59. The van der Waals surface area contributed by atoms with Gasteiger partial charge < -0.3 is 30.0 Å². The number of aliphatic hydroxyl groups is 1. The first kappa shape index (κ1) is 23.8. The van der Waals surface area contributed by atoms with Crippen molar-refractivity contribution in [2.24, 2.45) is 0 Å². The van der Waals surface area contributed by atoms with Gasteiger partial charge in [-0.1, -0.05) is 24.3 Å². The third kappa shape index (κ3) is 4.53. The predicted molar refractivity (Wildman–Crippen MR) is 134 cm³/mol. The molecular weight excluding hydrogens is 460 g/mol. The summed E-state index contributed by atoms with van der Waals surface area (Å²) in [6.45, 7) is 1.89. The minimum absolute atomic E-state index is 0.0419. The van der Waals surface area contributed by atoms with Gasteiger partial charge in [-0.15, -0.1) is 0 Å². The lowest BCUT2D eigenvalue weighted by atomic mass is 9.94. The molecule has 0 aromatic heterocycles. The molecule has 1 atom stereocenters. The van der Waals surface area contributed by atoms with Gasteiger partial charge in [0.15, 0.2) is 17.7 Å². The molecule has 0 radical (unpaired) electrons. The normalized spacial score (nSPS) is 15.8. The van der Waals surface area contributed by atoms with Crippen LogP contribution in [0.5, 0.6) is 11.5 Å². The standard InChI is InChI=1S/C28H28N2O6/c1-17-3-9-21(14-22(17)18-4-6-19(7-5-18)26(32)30-25(15-31)34-2)29-27(33)28(11-12-28)20-8-10-23-24(13-20)36-16-35-23/h3-10,13-14,25,31H,11-12,15-16H2,1-2H3,(H,29,33)(H,30,32)/t25-/m0/s1. The molecule has 1 saturated carbocycles. The molecule has 0 spiro atoms. The van der Waals surface area contributed by atoms with E-state index in [9.17, 15) is 14.7 Å². The first-order chi connectivity index (χ1) is 17.4. The van der Waals surface area contributed by atoms with Crippen LogP contribution in [0.3, 0.4) is 0 Å². The fourth-order valence-corrected chi connectivity index (χ4v) is 4.44. The zero-order valence-electron chi connectivity index (χ0n) is 20.2. The first-order valence-corrected chi connectivity index (χ1v) is 11.8. The number of benzene rings is 3. The minimum atomic E-state index is -0.757. The summed E-state index contributed by atoms with van der Waals surface area (Å²) in [5, 5.41) is 14.9. The fraction of sp³-hybridized carbons (Fsp3) is 0.286. The van der Waals surface area contributed by atoms with E-state index >= 15 is 0 Å². The van der Waals surface area contributed by atoms with Crippen LogP contribution < -0.4 is 20.1 Å². The second kappa shape index (κ2) is 9.64. The third-order valence-electron chi connectivity index (χ3n) is 6.81. The van der Waals surface area contributed by atoms with Gasteiger partial charge in [-0.05, 0) is 78.4 Å². The molecular formula is C28H28N2O6. The maximum absolute atomic E-state index is 13.3. The largest absolute Gasteiger partial charge is 0.454 e. The second-order valence-corrected chi connectivity index (χ2v) is 9.09. The summed E-state index contributed by atoms with van der Waals surface area (Å²) in [6.07, 6.45) is 0.800. The van der Waals surface area contributed by atoms with E-state index in [1.807, 2.05) is 55.5 Å². The Kier molecular flexibility index (Phi) is 6.38. The summed E-state index contributed by atoms with van der Waals surface area (Å²) < 4.78 is 15.9. The van der Waals surface area contributed by atoms with Gasteiger partial charge in [-0.25, -0.2) is 0 Å². The molecule has 3 N–H and O–H groups in total. The molecule has 1 fully saturated rings. The molecule has 0 saturated heterocycles. The summed E-state index contributed by atoms with van der Waals surface area (Å²) in [6, 6.07) is 18.7. The number of anilines is 1. The van der Waals surface area contributed by atoms with Gasteiger partial charge in [-0.3, -0.25) is 9.59 Å². The smallest absolute Gasteiger partial charge is 0.253 e. The van der Waals surface area contributed by atoms with Gasteiger partial charge in [0, 0.05) is 18.4 Å². The fourth-order valence-electron chi connectivity index (χ4n) is 4.44. The van der Waals surface area contributed by atoms with Crippen molar-refractivity contribution in [3.05, 3.63) is 77.4 Å². The molecule has 0 bridgehead atoms. The Bertz CT molecular complexity index is 1300. The van der Waals surface area contributed by atoms with Crippen LogP contribution in [0.25, 0.3) is 11.1 Å². The van der Waals surface area contributed by atoms with E-state index in [0.717, 1.165) is 35.1 Å². The van der Waals surface area contributed by atoms with Gasteiger partial charge in [0.05, 0.1) is 12.0 Å². The number of carbonyl (C=O) groups is 2. The lowest BCUT2D eigenvalue weighted by Gasteiger charge is -2.17. The van der Waals surface area contributed by atoms with E-state index in [0.29, 0.717) is 22.7 Å². The van der Waals surface area contributed by atoms with E-state index in [4.69, 9.17) is 14.2 Å². The molecule has 3 aromatic rings. The van der Waals surface area contributed by atoms with Crippen LogP contribution >= 0.6 is 0 Å². The van der Waals surface area contributed by atoms with Crippen molar-refractivity contribution in [1.82, 2.24) is 5.32 Å². The Hall–Kier alpha value is -3.88. The van der Waals surface area contributed by atoms with Crippen molar-refractivity contribution < 1.29 is 28.9 Å². The van der Waals surface area contributed by atoms with Crippen LogP contribution in [-0.4, -0.2) is 43.7 Å². The summed E-state index contributed by atoms with van der Waals surface area (Å²) in [5.41, 5.74) is 4.45. The van der Waals surface area contributed by atoms with Gasteiger partial charge in [-0.2, -0.15) is 0 Å². The van der Waals surface area contributed by atoms with Crippen LogP contribution in [0.1, 0.15) is 34.3 Å². The maximum atomic E-state index is 13.3. The van der Waals surface area contributed by atoms with Crippen LogP contribution in [-0.2, 0) is 14.9 Å². The van der Waals surface area contributed by atoms with E-state index in [1.165, 1.54) is 7.11 Å². The Balaban J connectivity index is 1.32. The molecule has 3 aromatic carbocycles. The van der Waals surface area contributed by atoms with E-state index in [2.05, 4.69) is 10.6 Å². The highest BCUT2D eigenvalue weighted by atomic mass is 16.7. The highest BCUT2D eigenvalue weighted by Gasteiger charge is 2.51. The molecule has 8 nitrogen and oxygen atoms in total. The summed E-state index contributed by atoms with van der Waals surface area (Å²) in [7, 11) is 1.42. The van der Waals surface area contributed by atoms with Crippen molar-refractivity contribution in [2.45, 2.75) is 31.4 Å². The van der Waals surface area contributed by atoms with Gasteiger partial charge in [0.1, 0.15) is 0 Å². The number of amides is 2. The van der Waals surface area contributed by atoms with Crippen LogP contribution in [0.4, 0.5) is 5.69 Å². The van der Waals surface area contributed by atoms with Crippen LogP contribution in [0, 0.1) is 6.92 Å². The Morgan fingerprint density at radius 1 is 1.03 bits per heavy atom. The molecule has 8 heteroatoms. The number of hydrogen-bond acceptors (Lipinski definition) is 6. The van der Waals surface area contributed by atoms with Gasteiger partial charge in [0.25, 0.3) is 5.91 Å². The predicted octanol–water partition coefficient (Wildman–Crippen LogP) is 3.76. The summed E-state index contributed by atoms with van der Waals surface area (Å²) >= 11 is 0. The van der Waals surface area contributed by atoms with E-state index in [1.54, 1.807) is 12.1 Å². The van der Waals surface area contributed by atoms with Crippen LogP contribution in [0.15, 0.2) is 60.7 Å². The highest BCUT2D eigenvalue weighted by molar-refractivity contribution is 6.02. The zero-order valence-corrected chi connectivity index (χ0v) is 20.2. The molecule has 5 rings (SSSR count). The first-order valence-electron chi connectivity index (χ1n) is 11.8. The molecule has 2 aliphatic rings. The van der Waals surface area contributed by atoms with E-state index in [-0.39, 0.29) is 25.2 Å². The SMILES string of the molecule is CO[C@@H](CO)NC(=O)c1ccc(-c2cc(NC(=O)C3(c4ccc5c(c4)OCO5)CC3)ccc2C)cc1. The van der Waals surface area contributed by atoms with Gasteiger partial charge >= 0.3 is 0 Å². The maximum Gasteiger partial charge on any atom is 0.253 e. The molecule has 1 aliphatic carbocycles. The van der Waals surface area contributed by atoms with Crippen molar-refractivity contribution in [3.63, 3.8) is 0 Å². The zero-order chi connectivity index (χ0) is 25.3. The Morgan fingerprint density at radius 2 is 1.78 bits per heavy atom. The Labute approximate surface area is 209 Å². The lowest BCUT2D eigenvalue weighted by molar-refractivity contribution is -0.118. The number of carbonyl (C=O) groups excluding carboxylic acids is 2. The van der Waals surface area contributed by atoms with Gasteiger partial charge in [0.2, 0.25) is 12.7 Å². The number of methoxy groups -OCH3 is 1.